The molecule has 0 heterocycles. The molecule has 0 spiro atoms. The Morgan fingerprint density at radius 3 is 1.04 bits per heavy atom. The quantitative estimate of drug-likeness (QED) is 0.217. The van der Waals surface area contributed by atoms with E-state index in [4.69, 9.17) is 0 Å². The van der Waals surface area contributed by atoms with Gasteiger partial charge >= 0.3 is 0 Å². The van der Waals surface area contributed by atoms with Gasteiger partial charge in [0, 0.05) is 7.14 Å². The molecule has 0 radical (unpaired) electrons. The molecule has 0 aliphatic heterocycles. The molecule has 0 aliphatic carbocycles. The standard InChI is InChI=1S/C25H18I2/c1-17-2-4-18(5-3-17)21-14-22(19-6-10-24(26)11-7-19)16-23(15-21)20-8-12-25(27)13-9-20/h2-16H,1H3. The van der Waals surface area contributed by atoms with Crippen LogP contribution in [0, 0.1) is 14.1 Å². The summed E-state index contributed by atoms with van der Waals surface area (Å²) < 4.78 is 2.51. The number of halogens is 2. The zero-order valence-corrected chi connectivity index (χ0v) is 19.2. The van der Waals surface area contributed by atoms with Gasteiger partial charge in [-0.05, 0) is 128 Å². The highest BCUT2D eigenvalue weighted by molar-refractivity contribution is 14.1. The Hall–Kier alpha value is -1.66. The minimum absolute atomic E-state index is 1.25. The molecule has 0 aromatic heterocycles. The van der Waals surface area contributed by atoms with Crippen LogP contribution < -0.4 is 0 Å². The fourth-order valence-electron chi connectivity index (χ4n) is 3.16. The first-order valence-corrected chi connectivity index (χ1v) is 11.0. The largest absolute Gasteiger partial charge is 0.0587 e. The van der Waals surface area contributed by atoms with Gasteiger partial charge in [-0.25, -0.2) is 0 Å². The Morgan fingerprint density at radius 1 is 0.407 bits per heavy atom. The molecule has 132 valence electrons. The fourth-order valence-corrected chi connectivity index (χ4v) is 3.88. The molecule has 0 amide bonds. The van der Waals surface area contributed by atoms with Gasteiger partial charge in [0.25, 0.3) is 0 Å². The summed E-state index contributed by atoms with van der Waals surface area (Å²) in [6.45, 7) is 2.13. The molecule has 4 aromatic rings. The van der Waals surface area contributed by atoms with E-state index in [1.165, 1.54) is 46.1 Å². The maximum atomic E-state index is 2.35. The van der Waals surface area contributed by atoms with Gasteiger partial charge in [0.15, 0.2) is 0 Å². The summed E-state index contributed by atoms with van der Waals surface area (Å²) in [5.74, 6) is 0. The average molecular weight is 572 g/mol. The molecule has 2 heteroatoms. The van der Waals surface area contributed by atoms with Crippen molar-refractivity contribution in [1.82, 2.24) is 0 Å². The van der Waals surface area contributed by atoms with Crippen LogP contribution in [0.25, 0.3) is 33.4 Å². The third-order valence-electron chi connectivity index (χ3n) is 4.67. The van der Waals surface area contributed by atoms with Crippen LogP contribution in [0.2, 0.25) is 0 Å². The van der Waals surface area contributed by atoms with Gasteiger partial charge < -0.3 is 0 Å². The molecule has 0 nitrogen and oxygen atoms in total. The average Bonchev–Trinajstić information content (AvgIpc) is 2.69. The summed E-state index contributed by atoms with van der Waals surface area (Å²) in [5, 5.41) is 0. The molecule has 0 saturated heterocycles. The third-order valence-corrected chi connectivity index (χ3v) is 6.11. The maximum absolute atomic E-state index is 2.35. The van der Waals surface area contributed by atoms with Crippen molar-refractivity contribution in [2.24, 2.45) is 0 Å². The molecule has 0 fully saturated rings. The molecular formula is C25H18I2. The van der Waals surface area contributed by atoms with Gasteiger partial charge in [-0.15, -0.1) is 0 Å². The van der Waals surface area contributed by atoms with E-state index < -0.39 is 0 Å². The Kier molecular flexibility index (Phi) is 5.64. The molecule has 0 aliphatic rings. The van der Waals surface area contributed by atoms with Crippen molar-refractivity contribution in [3.8, 4) is 33.4 Å². The van der Waals surface area contributed by atoms with E-state index in [0.717, 1.165) is 0 Å². The van der Waals surface area contributed by atoms with Crippen LogP contribution in [0.15, 0.2) is 91.0 Å². The van der Waals surface area contributed by atoms with Crippen LogP contribution in [0.4, 0.5) is 0 Å². The van der Waals surface area contributed by atoms with Crippen molar-refractivity contribution in [3.05, 3.63) is 104 Å². The zero-order chi connectivity index (χ0) is 18.8. The Bertz CT molecular complexity index is 907. The fraction of sp³-hybridized carbons (Fsp3) is 0.0400. The second-order valence-electron chi connectivity index (χ2n) is 6.68. The molecular weight excluding hydrogens is 554 g/mol. The van der Waals surface area contributed by atoms with Gasteiger partial charge in [-0.3, -0.25) is 0 Å². The summed E-state index contributed by atoms with van der Waals surface area (Å²) in [7, 11) is 0. The summed E-state index contributed by atoms with van der Waals surface area (Å²) in [5.41, 5.74) is 8.77. The van der Waals surface area contributed by atoms with Gasteiger partial charge in [-0.1, -0.05) is 54.1 Å². The number of aryl methyl sites for hydroxylation is 1. The van der Waals surface area contributed by atoms with Crippen molar-refractivity contribution < 1.29 is 0 Å². The number of hydrogen-bond donors (Lipinski definition) is 0. The van der Waals surface area contributed by atoms with E-state index in [-0.39, 0.29) is 0 Å². The van der Waals surface area contributed by atoms with Crippen molar-refractivity contribution in [2.45, 2.75) is 6.92 Å². The van der Waals surface area contributed by atoms with Crippen LogP contribution >= 0.6 is 45.2 Å². The molecule has 0 N–H and O–H groups in total. The smallest absolute Gasteiger partial charge is 0.0130 e. The van der Waals surface area contributed by atoms with E-state index in [0.29, 0.717) is 0 Å². The van der Waals surface area contributed by atoms with Crippen molar-refractivity contribution >= 4 is 45.2 Å². The highest BCUT2D eigenvalue weighted by Gasteiger charge is 2.08. The van der Waals surface area contributed by atoms with Gasteiger partial charge in [0.2, 0.25) is 0 Å². The van der Waals surface area contributed by atoms with E-state index in [2.05, 4.69) is 143 Å². The lowest BCUT2D eigenvalue weighted by molar-refractivity contribution is 1.47. The van der Waals surface area contributed by atoms with Crippen molar-refractivity contribution in [2.75, 3.05) is 0 Å². The van der Waals surface area contributed by atoms with E-state index in [1.807, 2.05) is 0 Å². The summed E-state index contributed by atoms with van der Waals surface area (Å²) in [6, 6.07) is 33.1. The predicted molar refractivity (Wildman–Crippen MR) is 133 cm³/mol. The van der Waals surface area contributed by atoms with Gasteiger partial charge in [0.1, 0.15) is 0 Å². The molecule has 0 atom stereocenters. The topological polar surface area (TPSA) is 0 Å². The predicted octanol–water partition coefficient (Wildman–Crippen LogP) is 8.21. The minimum Gasteiger partial charge on any atom is -0.0587 e. The van der Waals surface area contributed by atoms with E-state index in [9.17, 15) is 0 Å². The maximum Gasteiger partial charge on any atom is 0.0130 e. The first-order valence-electron chi connectivity index (χ1n) is 8.82. The lowest BCUT2D eigenvalue weighted by atomic mass is 9.93. The highest BCUT2D eigenvalue weighted by atomic mass is 127. The van der Waals surface area contributed by atoms with Crippen LogP contribution in [0.3, 0.4) is 0 Å². The molecule has 0 unspecified atom stereocenters. The summed E-state index contributed by atoms with van der Waals surface area (Å²) in [4.78, 5) is 0. The van der Waals surface area contributed by atoms with Crippen LogP contribution in [0.1, 0.15) is 5.56 Å². The molecule has 0 saturated carbocycles. The lowest BCUT2D eigenvalue weighted by Crippen LogP contribution is -1.87. The minimum atomic E-state index is 1.25. The van der Waals surface area contributed by atoms with Crippen molar-refractivity contribution in [1.29, 1.82) is 0 Å². The lowest BCUT2D eigenvalue weighted by Gasteiger charge is -2.12. The monoisotopic (exact) mass is 572 g/mol. The van der Waals surface area contributed by atoms with E-state index in [1.54, 1.807) is 0 Å². The van der Waals surface area contributed by atoms with Gasteiger partial charge in [-0.2, -0.15) is 0 Å². The first-order chi connectivity index (χ1) is 13.1. The SMILES string of the molecule is Cc1ccc(-c2cc(-c3ccc(I)cc3)cc(-c3ccc(I)cc3)c2)cc1. The van der Waals surface area contributed by atoms with E-state index >= 15 is 0 Å². The summed E-state index contributed by atoms with van der Waals surface area (Å²) >= 11 is 4.71. The zero-order valence-electron chi connectivity index (χ0n) is 14.9. The van der Waals surface area contributed by atoms with Crippen LogP contribution in [-0.4, -0.2) is 0 Å². The summed E-state index contributed by atoms with van der Waals surface area (Å²) in [6.07, 6.45) is 0. The molecule has 27 heavy (non-hydrogen) atoms. The number of benzene rings is 4. The van der Waals surface area contributed by atoms with Crippen LogP contribution in [0.5, 0.6) is 0 Å². The molecule has 0 bridgehead atoms. The van der Waals surface area contributed by atoms with Gasteiger partial charge in [0.05, 0.1) is 0 Å². The second-order valence-corrected chi connectivity index (χ2v) is 9.17. The second kappa shape index (κ2) is 8.15. The Balaban J connectivity index is 1.89. The third kappa shape index (κ3) is 4.43. The molecule has 4 aromatic carbocycles. The van der Waals surface area contributed by atoms with Crippen LogP contribution in [-0.2, 0) is 0 Å². The Labute approximate surface area is 187 Å². The molecule has 4 rings (SSSR count). The number of hydrogen-bond acceptors (Lipinski definition) is 0. The number of rotatable bonds is 3. The highest BCUT2D eigenvalue weighted by Crippen LogP contribution is 2.33. The first kappa shape index (κ1) is 18.7. The van der Waals surface area contributed by atoms with Crippen molar-refractivity contribution in [3.63, 3.8) is 0 Å². The Morgan fingerprint density at radius 2 is 0.704 bits per heavy atom. The normalized spacial score (nSPS) is 10.8.